The van der Waals surface area contributed by atoms with Gasteiger partial charge in [0.1, 0.15) is 5.82 Å². The van der Waals surface area contributed by atoms with Gasteiger partial charge in [-0.1, -0.05) is 11.6 Å². The smallest absolute Gasteiger partial charge is 0.292 e. The normalized spacial score (nSPS) is 21.7. The van der Waals surface area contributed by atoms with Crippen LogP contribution in [0.15, 0.2) is 35.9 Å². The number of amides is 2. The van der Waals surface area contributed by atoms with Crippen molar-refractivity contribution >= 4 is 17.5 Å². The zero-order valence-corrected chi connectivity index (χ0v) is 13.1. The number of carbonyl (C=O) groups excluding carboxylic acids is 2. The largest absolute Gasteiger partial charge is 0.335 e. The van der Waals surface area contributed by atoms with Crippen molar-refractivity contribution in [3.63, 3.8) is 0 Å². The SMILES string of the molecule is O=C1C[C@H]([NH2+]CCC2=CCCCC2)C(=O)N1c1ccc(F)cc1. The zero-order valence-electron chi connectivity index (χ0n) is 13.1. The molecule has 1 aliphatic carbocycles. The van der Waals surface area contributed by atoms with Crippen molar-refractivity contribution in [2.75, 3.05) is 11.4 Å². The molecule has 0 aromatic heterocycles. The first kappa shape index (κ1) is 15.9. The third-order valence-corrected chi connectivity index (χ3v) is 4.57. The molecule has 1 heterocycles. The summed E-state index contributed by atoms with van der Waals surface area (Å²) in [5, 5.41) is 1.97. The van der Waals surface area contributed by atoms with Crippen molar-refractivity contribution in [3.8, 4) is 0 Å². The third kappa shape index (κ3) is 3.67. The number of hydrogen-bond donors (Lipinski definition) is 1. The summed E-state index contributed by atoms with van der Waals surface area (Å²) >= 11 is 0. The van der Waals surface area contributed by atoms with Gasteiger partial charge in [-0.2, -0.15) is 0 Å². The van der Waals surface area contributed by atoms with Gasteiger partial charge in [-0.3, -0.25) is 9.59 Å². The lowest BCUT2D eigenvalue weighted by Gasteiger charge is -2.15. The predicted octanol–water partition coefficient (Wildman–Crippen LogP) is 1.91. The Morgan fingerprint density at radius 3 is 2.65 bits per heavy atom. The van der Waals surface area contributed by atoms with Crippen LogP contribution in [0.1, 0.15) is 38.5 Å². The number of halogens is 1. The van der Waals surface area contributed by atoms with E-state index >= 15 is 0 Å². The maximum atomic E-state index is 13.0. The number of rotatable bonds is 5. The average molecular weight is 317 g/mol. The predicted molar refractivity (Wildman–Crippen MR) is 85.3 cm³/mol. The number of nitrogens with zero attached hydrogens (tertiary/aromatic N) is 1. The minimum absolute atomic E-state index is 0.195. The maximum Gasteiger partial charge on any atom is 0.292 e. The molecule has 0 bridgehead atoms. The maximum absolute atomic E-state index is 13.0. The van der Waals surface area contributed by atoms with Crippen molar-refractivity contribution in [1.82, 2.24) is 0 Å². The van der Waals surface area contributed by atoms with E-state index in [9.17, 15) is 14.0 Å². The summed E-state index contributed by atoms with van der Waals surface area (Å²) in [4.78, 5) is 25.8. The Labute approximate surface area is 135 Å². The Balaban J connectivity index is 1.57. The van der Waals surface area contributed by atoms with Crippen LogP contribution < -0.4 is 10.2 Å². The number of allylic oxidation sites excluding steroid dienone is 1. The molecule has 0 saturated carbocycles. The van der Waals surface area contributed by atoms with Crippen LogP contribution >= 0.6 is 0 Å². The summed E-state index contributed by atoms with van der Waals surface area (Å²) in [7, 11) is 0. The Bertz CT molecular complexity index is 624. The standard InChI is InChI=1S/C18H21FN2O2/c19-14-6-8-15(9-7-14)21-17(22)12-16(18(21)23)20-11-10-13-4-2-1-3-5-13/h4,6-9,16,20H,1-3,5,10-12H2/p+1/t16-/m0/s1. The molecule has 1 aliphatic heterocycles. The van der Waals surface area contributed by atoms with Gasteiger partial charge in [0.2, 0.25) is 5.91 Å². The molecular weight excluding hydrogens is 295 g/mol. The van der Waals surface area contributed by atoms with Crippen LogP contribution in [0.25, 0.3) is 0 Å². The monoisotopic (exact) mass is 317 g/mol. The van der Waals surface area contributed by atoms with E-state index in [-0.39, 0.29) is 30.1 Å². The first-order valence-electron chi connectivity index (χ1n) is 8.29. The molecular formula is C18H22FN2O2+. The van der Waals surface area contributed by atoms with E-state index in [1.165, 1.54) is 47.6 Å². The summed E-state index contributed by atoms with van der Waals surface area (Å²) in [6, 6.07) is 5.13. The van der Waals surface area contributed by atoms with Crippen LogP contribution in [0.4, 0.5) is 10.1 Å². The van der Waals surface area contributed by atoms with Crippen LogP contribution in [0.5, 0.6) is 0 Å². The molecule has 5 heteroatoms. The summed E-state index contributed by atoms with van der Waals surface area (Å²) < 4.78 is 13.0. The van der Waals surface area contributed by atoms with E-state index < -0.39 is 0 Å². The Hall–Kier alpha value is -2.01. The lowest BCUT2D eigenvalue weighted by atomic mass is 9.97. The van der Waals surface area contributed by atoms with Gasteiger partial charge in [-0.15, -0.1) is 0 Å². The van der Waals surface area contributed by atoms with Gasteiger partial charge in [-0.05, 0) is 49.9 Å². The topological polar surface area (TPSA) is 54.0 Å². The molecule has 0 unspecified atom stereocenters. The molecule has 2 amide bonds. The third-order valence-electron chi connectivity index (χ3n) is 4.57. The second-order valence-electron chi connectivity index (χ2n) is 6.24. The Morgan fingerprint density at radius 2 is 1.96 bits per heavy atom. The molecule has 1 aromatic rings. The Kier molecular flexibility index (Phi) is 4.86. The number of imide groups is 1. The molecule has 0 radical (unpaired) electrons. The van der Waals surface area contributed by atoms with Crippen molar-refractivity contribution < 1.29 is 19.3 Å². The second kappa shape index (κ2) is 7.04. The molecule has 122 valence electrons. The fraction of sp³-hybridized carbons (Fsp3) is 0.444. The van der Waals surface area contributed by atoms with Gasteiger partial charge >= 0.3 is 0 Å². The average Bonchev–Trinajstić information content (AvgIpc) is 2.84. The highest BCUT2D eigenvalue weighted by Gasteiger charge is 2.42. The lowest BCUT2D eigenvalue weighted by Crippen LogP contribution is -2.91. The fourth-order valence-electron chi connectivity index (χ4n) is 3.30. The molecule has 4 nitrogen and oxygen atoms in total. The quantitative estimate of drug-likeness (QED) is 0.666. The van der Waals surface area contributed by atoms with Crippen LogP contribution in [0, 0.1) is 5.82 Å². The number of anilines is 1. The van der Waals surface area contributed by atoms with Crippen molar-refractivity contribution in [1.29, 1.82) is 0 Å². The first-order chi connectivity index (χ1) is 11.1. The number of carbonyl (C=O) groups is 2. The van der Waals surface area contributed by atoms with E-state index in [1.54, 1.807) is 0 Å². The van der Waals surface area contributed by atoms with E-state index in [0.717, 1.165) is 25.8 Å². The van der Waals surface area contributed by atoms with Gasteiger partial charge in [0.25, 0.3) is 5.91 Å². The van der Waals surface area contributed by atoms with Crippen molar-refractivity contribution in [2.24, 2.45) is 0 Å². The molecule has 2 N–H and O–H groups in total. The lowest BCUT2D eigenvalue weighted by molar-refractivity contribution is -0.674. The van der Waals surface area contributed by atoms with E-state index in [2.05, 4.69) is 6.08 Å². The summed E-state index contributed by atoms with van der Waals surface area (Å²) in [6.07, 6.45) is 8.36. The summed E-state index contributed by atoms with van der Waals surface area (Å²) in [6.45, 7) is 0.826. The molecule has 1 atom stereocenters. The highest BCUT2D eigenvalue weighted by molar-refractivity contribution is 6.21. The van der Waals surface area contributed by atoms with Crippen LogP contribution in [0.3, 0.4) is 0 Å². The molecule has 2 aliphatic rings. The molecule has 23 heavy (non-hydrogen) atoms. The van der Waals surface area contributed by atoms with E-state index in [1.807, 2.05) is 5.32 Å². The van der Waals surface area contributed by atoms with Gasteiger partial charge in [0, 0.05) is 6.42 Å². The summed E-state index contributed by atoms with van der Waals surface area (Å²) in [5.74, 6) is -0.782. The molecule has 1 saturated heterocycles. The minimum Gasteiger partial charge on any atom is -0.335 e. The van der Waals surface area contributed by atoms with E-state index in [4.69, 9.17) is 0 Å². The number of quaternary nitrogens is 1. The minimum atomic E-state index is -0.378. The molecule has 1 aromatic carbocycles. The van der Waals surface area contributed by atoms with Crippen LogP contribution in [0.2, 0.25) is 0 Å². The van der Waals surface area contributed by atoms with Crippen LogP contribution in [-0.4, -0.2) is 24.4 Å². The van der Waals surface area contributed by atoms with Crippen molar-refractivity contribution in [2.45, 2.75) is 44.6 Å². The second-order valence-corrected chi connectivity index (χ2v) is 6.24. The van der Waals surface area contributed by atoms with Crippen molar-refractivity contribution in [3.05, 3.63) is 41.7 Å². The van der Waals surface area contributed by atoms with E-state index in [0.29, 0.717) is 5.69 Å². The van der Waals surface area contributed by atoms with Gasteiger partial charge < -0.3 is 5.32 Å². The molecule has 0 spiro atoms. The van der Waals surface area contributed by atoms with Gasteiger partial charge in [0.15, 0.2) is 6.04 Å². The fourth-order valence-corrected chi connectivity index (χ4v) is 3.30. The van der Waals surface area contributed by atoms with Gasteiger partial charge in [-0.25, -0.2) is 9.29 Å². The highest BCUT2D eigenvalue weighted by Crippen LogP contribution is 2.22. The zero-order chi connectivity index (χ0) is 16.2. The number of benzene rings is 1. The van der Waals surface area contributed by atoms with Gasteiger partial charge in [0.05, 0.1) is 18.7 Å². The molecule has 3 rings (SSSR count). The first-order valence-corrected chi connectivity index (χ1v) is 8.29. The molecule has 1 fully saturated rings. The number of hydrogen-bond acceptors (Lipinski definition) is 2. The highest BCUT2D eigenvalue weighted by atomic mass is 19.1. The van der Waals surface area contributed by atoms with Crippen LogP contribution in [-0.2, 0) is 9.59 Å². The number of nitrogens with two attached hydrogens (primary N) is 1. The summed E-state index contributed by atoms with van der Waals surface area (Å²) in [5.41, 5.74) is 1.92. The Morgan fingerprint density at radius 1 is 1.17 bits per heavy atom.